The average molecular weight is 296 g/mol. The molecule has 1 aromatic heterocycles. The molecule has 1 aromatic carbocycles. The largest absolute Gasteiger partial charge is 0.312 e. The molecule has 0 atom stereocenters. The molecule has 0 bridgehead atoms. The standard InChI is InChI=1S/C15H18F2N2S/c1-10(2)7-18-8-14-9-19-15(20-14)5-11-3-12(16)6-13(17)4-11/h3-4,6,9-10,18H,5,7-8H2,1-2H3. The van der Waals surface area contributed by atoms with Crippen molar-refractivity contribution in [2.45, 2.75) is 26.8 Å². The van der Waals surface area contributed by atoms with Crippen LogP contribution in [-0.2, 0) is 13.0 Å². The number of hydrogen-bond acceptors (Lipinski definition) is 3. The number of aromatic nitrogens is 1. The fourth-order valence-corrected chi connectivity index (χ4v) is 2.81. The quantitative estimate of drug-likeness (QED) is 0.878. The molecule has 0 fully saturated rings. The Bertz CT molecular complexity index is 547. The molecule has 108 valence electrons. The smallest absolute Gasteiger partial charge is 0.126 e. The molecule has 5 heteroatoms. The monoisotopic (exact) mass is 296 g/mol. The van der Waals surface area contributed by atoms with Gasteiger partial charge in [-0.05, 0) is 30.2 Å². The molecular formula is C15H18F2N2S. The summed E-state index contributed by atoms with van der Waals surface area (Å²) >= 11 is 1.57. The fraction of sp³-hybridized carbons (Fsp3) is 0.400. The van der Waals surface area contributed by atoms with Gasteiger partial charge in [0.05, 0.1) is 5.01 Å². The molecule has 0 aliphatic carbocycles. The second-order valence-corrected chi connectivity index (χ2v) is 6.40. The van der Waals surface area contributed by atoms with Crippen molar-refractivity contribution in [3.8, 4) is 0 Å². The molecule has 2 aromatic rings. The lowest BCUT2D eigenvalue weighted by molar-refractivity contribution is 0.554. The zero-order valence-corrected chi connectivity index (χ0v) is 12.4. The minimum atomic E-state index is -0.546. The van der Waals surface area contributed by atoms with Crippen LogP contribution in [-0.4, -0.2) is 11.5 Å². The first-order chi connectivity index (χ1) is 9.52. The van der Waals surface area contributed by atoms with Gasteiger partial charge >= 0.3 is 0 Å². The van der Waals surface area contributed by atoms with E-state index in [2.05, 4.69) is 24.1 Å². The Morgan fingerprint density at radius 3 is 2.55 bits per heavy atom. The highest BCUT2D eigenvalue weighted by atomic mass is 32.1. The van der Waals surface area contributed by atoms with Crippen LogP contribution in [0.1, 0.15) is 29.3 Å². The van der Waals surface area contributed by atoms with Crippen molar-refractivity contribution in [2.75, 3.05) is 6.54 Å². The fourth-order valence-electron chi connectivity index (χ4n) is 1.88. The van der Waals surface area contributed by atoms with Crippen LogP contribution < -0.4 is 5.32 Å². The lowest BCUT2D eigenvalue weighted by atomic mass is 10.1. The van der Waals surface area contributed by atoms with Crippen molar-refractivity contribution in [3.63, 3.8) is 0 Å². The lowest BCUT2D eigenvalue weighted by Crippen LogP contribution is -2.18. The van der Waals surface area contributed by atoms with Gasteiger partial charge in [-0.3, -0.25) is 0 Å². The predicted octanol–water partition coefficient (Wildman–Crippen LogP) is 3.76. The van der Waals surface area contributed by atoms with Crippen molar-refractivity contribution in [1.29, 1.82) is 0 Å². The summed E-state index contributed by atoms with van der Waals surface area (Å²) in [6.07, 6.45) is 2.28. The third kappa shape index (κ3) is 4.65. The highest BCUT2D eigenvalue weighted by molar-refractivity contribution is 7.11. The van der Waals surface area contributed by atoms with Gasteiger partial charge in [-0.2, -0.15) is 0 Å². The van der Waals surface area contributed by atoms with Crippen LogP contribution in [0.25, 0.3) is 0 Å². The van der Waals surface area contributed by atoms with Crippen LogP contribution in [0.15, 0.2) is 24.4 Å². The van der Waals surface area contributed by atoms with E-state index in [1.165, 1.54) is 12.1 Å². The molecule has 0 amide bonds. The number of benzene rings is 1. The van der Waals surface area contributed by atoms with E-state index in [1.54, 1.807) is 11.3 Å². The minimum Gasteiger partial charge on any atom is -0.312 e. The van der Waals surface area contributed by atoms with E-state index in [-0.39, 0.29) is 0 Å². The van der Waals surface area contributed by atoms with Crippen molar-refractivity contribution in [3.05, 3.63) is 51.5 Å². The molecule has 0 saturated carbocycles. The Hall–Kier alpha value is -1.33. The van der Waals surface area contributed by atoms with Crippen LogP contribution in [0.4, 0.5) is 8.78 Å². The summed E-state index contributed by atoms with van der Waals surface area (Å²) in [5, 5.41) is 4.22. The van der Waals surface area contributed by atoms with Crippen molar-refractivity contribution in [1.82, 2.24) is 10.3 Å². The van der Waals surface area contributed by atoms with Crippen LogP contribution in [0.3, 0.4) is 0 Å². The summed E-state index contributed by atoms with van der Waals surface area (Å²) in [6, 6.07) is 3.58. The highest BCUT2D eigenvalue weighted by Crippen LogP contribution is 2.18. The van der Waals surface area contributed by atoms with Gasteiger partial charge in [-0.25, -0.2) is 13.8 Å². The van der Waals surface area contributed by atoms with Gasteiger partial charge in [-0.1, -0.05) is 13.8 Å². The van der Waals surface area contributed by atoms with Gasteiger partial charge in [-0.15, -0.1) is 11.3 Å². The highest BCUT2D eigenvalue weighted by Gasteiger charge is 2.06. The second kappa shape index (κ2) is 6.90. The first-order valence-corrected chi connectivity index (χ1v) is 7.44. The third-order valence-corrected chi connectivity index (χ3v) is 3.73. The Morgan fingerprint density at radius 2 is 1.90 bits per heavy atom. The third-order valence-electron chi connectivity index (χ3n) is 2.73. The summed E-state index contributed by atoms with van der Waals surface area (Å²) in [6.45, 7) is 6.06. The number of nitrogens with one attached hydrogen (secondary N) is 1. The van der Waals surface area contributed by atoms with E-state index in [0.717, 1.165) is 29.0 Å². The average Bonchev–Trinajstić information content (AvgIpc) is 2.74. The predicted molar refractivity (Wildman–Crippen MR) is 77.8 cm³/mol. The minimum absolute atomic E-state index is 0.462. The summed E-state index contributed by atoms with van der Waals surface area (Å²) in [7, 11) is 0. The Labute approximate surface area is 121 Å². The van der Waals surface area contributed by atoms with Gasteiger partial charge in [0.25, 0.3) is 0 Å². The van der Waals surface area contributed by atoms with E-state index < -0.39 is 11.6 Å². The number of nitrogens with zero attached hydrogens (tertiary/aromatic N) is 1. The first kappa shape index (κ1) is 15.1. The van der Waals surface area contributed by atoms with Crippen LogP contribution in [0.2, 0.25) is 0 Å². The summed E-state index contributed by atoms with van der Waals surface area (Å²) < 4.78 is 26.2. The molecule has 0 spiro atoms. The normalized spacial score (nSPS) is 11.2. The maximum Gasteiger partial charge on any atom is 0.126 e. The zero-order valence-electron chi connectivity index (χ0n) is 11.6. The molecule has 20 heavy (non-hydrogen) atoms. The molecule has 0 unspecified atom stereocenters. The van der Waals surface area contributed by atoms with Crippen molar-refractivity contribution < 1.29 is 8.78 Å². The van der Waals surface area contributed by atoms with Crippen LogP contribution in [0, 0.1) is 17.6 Å². The van der Waals surface area contributed by atoms with E-state index >= 15 is 0 Å². The number of rotatable bonds is 6. The number of halogens is 2. The molecule has 2 nitrogen and oxygen atoms in total. The maximum atomic E-state index is 13.1. The van der Waals surface area contributed by atoms with E-state index in [9.17, 15) is 8.78 Å². The van der Waals surface area contributed by atoms with E-state index in [4.69, 9.17) is 0 Å². The van der Waals surface area contributed by atoms with Crippen molar-refractivity contribution >= 4 is 11.3 Å². The van der Waals surface area contributed by atoms with Crippen molar-refractivity contribution in [2.24, 2.45) is 5.92 Å². The van der Waals surface area contributed by atoms with Gasteiger partial charge in [0, 0.05) is 30.1 Å². The topological polar surface area (TPSA) is 24.9 Å². The van der Waals surface area contributed by atoms with Gasteiger partial charge in [0.1, 0.15) is 11.6 Å². The molecule has 0 saturated heterocycles. The summed E-state index contributed by atoms with van der Waals surface area (Å²) in [5.74, 6) is -0.483. The number of hydrogen-bond donors (Lipinski definition) is 1. The Balaban J connectivity index is 1.95. The molecule has 0 radical (unpaired) electrons. The van der Waals surface area contributed by atoms with Crippen LogP contribution in [0.5, 0.6) is 0 Å². The molecule has 2 rings (SSSR count). The van der Waals surface area contributed by atoms with E-state index in [0.29, 0.717) is 17.9 Å². The molecule has 1 heterocycles. The molecule has 0 aliphatic rings. The lowest BCUT2D eigenvalue weighted by Gasteiger charge is -2.04. The summed E-state index contributed by atoms with van der Waals surface area (Å²) in [5.41, 5.74) is 0.610. The molecule has 1 N–H and O–H groups in total. The Kier molecular flexibility index (Phi) is 5.20. The van der Waals surface area contributed by atoms with Crippen LogP contribution >= 0.6 is 11.3 Å². The summed E-state index contributed by atoms with van der Waals surface area (Å²) in [4.78, 5) is 5.44. The van der Waals surface area contributed by atoms with Gasteiger partial charge in [0.15, 0.2) is 0 Å². The second-order valence-electron chi connectivity index (χ2n) is 5.20. The Morgan fingerprint density at radius 1 is 1.20 bits per heavy atom. The number of thiazole rings is 1. The zero-order chi connectivity index (χ0) is 14.5. The first-order valence-electron chi connectivity index (χ1n) is 6.62. The van der Waals surface area contributed by atoms with Gasteiger partial charge in [0.2, 0.25) is 0 Å². The maximum absolute atomic E-state index is 13.1. The molecular weight excluding hydrogens is 278 g/mol. The SMILES string of the molecule is CC(C)CNCc1cnc(Cc2cc(F)cc(F)c2)s1. The van der Waals surface area contributed by atoms with Gasteiger partial charge < -0.3 is 5.32 Å². The van der Waals surface area contributed by atoms with E-state index in [1.807, 2.05) is 6.20 Å². The molecule has 0 aliphatic heterocycles.